The summed E-state index contributed by atoms with van der Waals surface area (Å²) < 4.78 is 5.74. The number of aliphatic hydroxyl groups is 1. The summed E-state index contributed by atoms with van der Waals surface area (Å²) in [5.74, 6) is -1.10. The Hall–Kier alpha value is -4.13. The van der Waals surface area contributed by atoms with Crippen molar-refractivity contribution in [2.24, 2.45) is 0 Å². The van der Waals surface area contributed by atoms with Gasteiger partial charge in [-0.2, -0.15) is 0 Å². The molecule has 4 rings (SSSR count). The molecule has 1 aromatic heterocycles. The summed E-state index contributed by atoms with van der Waals surface area (Å²) in [5.41, 5.74) is 1.78. The highest BCUT2D eigenvalue weighted by Crippen LogP contribution is 2.40. The maximum atomic E-state index is 13.2. The van der Waals surface area contributed by atoms with Crippen LogP contribution in [0.5, 0.6) is 11.5 Å². The number of pyridine rings is 1. The molecule has 0 spiro atoms. The van der Waals surface area contributed by atoms with E-state index in [2.05, 4.69) is 11.9 Å². The van der Waals surface area contributed by atoms with Crippen LogP contribution in [0.25, 0.3) is 5.76 Å². The second-order valence-corrected chi connectivity index (χ2v) is 8.10. The van der Waals surface area contributed by atoms with Gasteiger partial charge in [0.05, 0.1) is 18.2 Å². The summed E-state index contributed by atoms with van der Waals surface area (Å²) in [7, 11) is 0. The molecule has 7 nitrogen and oxygen atoms in total. The zero-order valence-corrected chi connectivity index (χ0v) is 18.8. The fraction of sp³-hybridized carbons (Fsp3) is 0.222. The third-order valence-corrected chi connectivity index (χ3v) is 5.73. The Morgan fingerprint density at radius 2 is 1.79 bits per heavy atom. The van der Waals surface area contributed by atoms with Crippen LogP contribution in [0.15, 0.2) is 78.6 Å². The van der Waals surface area contributed by atoms with Crippen LogP contribution in [0.3, 0.4) is 0 Å². The minimum Gasteiger partial charge on any atom is -0.508 e. The maximum Gasteiger partial charge on any atom is 0.295 e. The molecule has 0 radical (unpaired) electrons. The number of unbranched alkanes of at least 4 members (excludes halogenated alkanes) is 1. The van der Waals surface area contributed by atoms with Crippen molar-refractivity contribution in [3.8, 4) is 11.5 Å². The van der Waals surface area contributed by atoms with Crippen molar-refractivity contribution >= 4 is 17.4 Å². The normalized spacial score (nSPS) is 17.2. The summed E-state index contributed by atoms with van der Waals surface area (Å²) in [4.78, 5) is 31.7. The Labute approximate surface area is 198 Å². The van der Waals surface area contributed by atoms with Crippen molar-refractivity contribution < 1.29 is 24.5 Å². The number of nitrogens with zero attached hydrogens (tertiary/aromatic N) is 2. The first-order valence-corrected chi connectivity index (χ1v) is 11.2. The average Bonchev–Trinajstić information content (AvgIpc) is 3.10. The Balaban J connectivity index is 1.78. The minimum atomic E-state index is -0.821. The number of hydrogen-bond donors (Lipinski definition) is 2. The first kappa shape index (κ1) is 23.0. The van der Waals surface area contributed by atoms with E-state index in [0.717, 1.165) is 18.4 Å². The van der Waals surface area contributed by atoms with Crippen LogP contribution in [0.4, 0.5) is 0 Å². The van der Waals surface area contributed by atoms with Crippen LogP contribution in [0.2, 0.25) is 0 Å². The third kappa shape index (κ3) is 4.78. The molecule has 0 bridgehead atoms. The molecule has 1 atom stereocenters. The van der Waals surface area contributed by atoms with Crippen LogP contribution in [0, 0.1) is 0 Å². The topological polar surface area (TPSA) is 100.0 Å². The van der Waals surface area contributed by atoms with Crippen molar-refractivity contribution in [1.29, 1.82) is 0 Å². The van der Waals surface area contributed by atoms with Crippen LogP contribution in [0.1, 0.15) is 42.5 Å². The number of ketones is 1. The molecule has 3 aromatic rings. The molecular formula is C27H26N2O5. The van der Waals surface area contributed by atoms with Gasteiger partial charge in [-0.15, -0.1) is 0 Å². The van der Waals surface area contributed by atoms with E-state index in [0.29, 0.717) is 23.5 Å². The molecule has 34 heavy (non-hydrogen) atoms. The molecule has 1 fully saturated rings. The molecule has 1 saturated heterocycles. The molecule has 7 heteroatoms. The number of phenolic OH excluding ortho intramolecular Hbond substituents is 1. The number of benzene rings is 2. The van der Waals surface area contributed by atoms with E-state index in [1.807, 2.05) is 0 Å². The second-order valence-electron chi connectivity index (χ2n) is 8.10. The van der Waals surface area contributed by atoms with E-state index < -0.39 is 17.7 Å². The van der Waals surface area contributed by atoms with Gasteiger partial charge in [0.2, 0.25) is 0 Å². The van der Waals surface area contributed by atoms with Gasteiger partial charge in [-0.25, -0.2) is 0 Å². The molecule has 2 N–H and O–H groups in total. The number of amides is 1. The van der Waals surface area contributed by atoms with Crippen LogP contribution in [-0.2, 0) is 16.1 Å². The van der Waals surface area contributed by atoms with Gasteiger partial charge in [-0.05, 0) is 53.9 Å². The van der Waals surface area contributed by atoms with Gasteiger partial charge in [0.1, 0.15) is 17.3 Å². The fourth-order valence-corrected chi connectivity index (χ4v) is 3.95. The monoisotopic (exact) mass is 458 g/mol. The number of likely N-dealkylation sites (tertiary alicyclic amines) is 1. The van der Waals surface area contributed by atoms with Crippen molar-refractivity contribution in [2.75, 3.05) is 6.61 Å². The Kier molecular flexibility index (Phi) is 6.92. The largest absolute Gasteiger partial charge is 0.508 e. The lowest BCUT2D eigenvalue weighted by Gasteiger charge is -2.25. The molecule has 0 saturated carbocycles. The predicted octanol–water partition coefficient (Wildman–Crippen LogP) is 4.59. The van der Waals surface area contributed by atoms with Gasteiger partial charge in [-0.1, -0.05) is 37.6 Å². The lowest BCUT2D eigenvalue weighted by atomic mass is 9.95. The summed E-state index contributed by atoms with van der Waals surface area (Å²) in [6.45, 7) is 2.78. The molecule has 2 aromatic carbocycles. The van der Waals surface area contributed by atoms with E-state index >= 15 is 0 Å². The van der Waals surface area contributed by atoms with Crippen LogP contribution in [-0.4, -0.2) is 38.4 Å². The van der Waals surface area contributed by atoms with E-state index in [1.165, 1.54) is 17.0 Å². The summed E-state index contributed by atoms with van der Waals surface area (Å²) in [5, 5.41) is 21.0. The summed E-state index contributed by atoms with van der Waals surface area (Å²) in [6.07, 6.45) is 5.13. The predicted molar refractivity (Wildman–Crippen MR) is 127 cm³/mol. The first-order chi connectivity index (χ1) is 16.5. The number of aliphatic hydroxyl groups excluding tert-OH is 1. The van der Waals surface area contributed by atoms with Crippen LogP contribution >= 0.6 is 0 Å². The van der Waals surface area contributed by atoms with Crippen molar-refractivity contribution in [2.45, 2.75) is 32.4 Å². The van der Waals surface area contributed by atoms with E-state index in [4.69, 9.17) is 4.74 Å². The Morgan fingerprint density at radius 3 is 2.50 bits per heavy atom. The number of carbonyl (C=O) groups is 2. The lowest BCUT2D eigenvalue weighted by Crippen LogP contribution is -2.29. The van der Waals surface area contributed by atoms with Crippen molar-refractivity contribution in [3.63, 3.8) is 0 Å². The maximum absolute atomic E-state index is 13.2. The number of carbonyl (C=O) groups excluding carboxylic acids is 2. The molecule has 1 aliphatic heterocycles. The highest BCUT2D eigenvalue weighted by Gasteiger charge is 2.46. The highest BCUT2D eigenvalue weighted by molar-refractivity contribution is 6.46. The number of hydrogen-bond acceptors (Lipinski definition) is 6. The Bertz CT molecular complexity index is 1210. The number of aromatic nitrogens is 1. The van der Waals surface area contributed by atoms with Crippen LogP contribution < -0.4 is 4.74 Å². The third-order valence-electron chi connectivity index (χ3n) is 5.73. The Morgan fingerprint density at radius 1 is 1.06 bits per heavy atom. The molecule has 1 amide bonds. The van der Waals surface area contributed by atoms with Gasteiger partial charge in [0, 0.05) is 24.5 Å². The molecule has 1 unspecified atom stereocenters. The lowest BCUT2D eigenvalue weighted by molar-refractivity contribution is -0.140. The standard InChI is InChI=1S/C27H26N2O5/c1-2-3-15-34-22-6-4-5-20(16-22)25(31)23-24(19-7-9-21(30)10-8-19)29(27(33)26(23)32)17-18-11-13-28-14-12-18/h4-14,16,24,30-31H,2-3,15,17H2,1H3. The van der Waals surface area contributed by atoms with Crippen molar-refractivity contribution in [3.05, 3.63) is 95.3 Å². The number of Topliss-reactive ketones (excluding diaryl/α,β-unsaturated/α-hetero) is 1. The summed E-state index contributed by atoms with van der Waals surface area (Å²) >= 11 is 0. The average molecular weight is 459 g/mol. The van der Waals surface area contributed by atoms with Crippen molar-refractivity contribution in [1.82, 2.24) is 9.88 Å². The van der Waals surface area contributed by atoms with Gasteiger partial charge in [-0.3, -0.25) is 14.6 Å². The first-order valence-electron chi connectivity index (χ1n) is 11.2. The molecular weight excluding hydrogens is 432 g/mol. The zero-order chi connectivity index (χ0) is 24.1. The number of ether oxygens (including phenoxy) is 1. The minimum absolute atomic E-state index is 0.00421. The summed E-state index contributed by atoms with van der Waals surface area (Å²) in [6, 6.07) is 15.8. The van der Waals surface area contributed by atoms with Gasteiger partial charge in [0.25, 0.3) is 11.7 Å². The van der Waals surface area contributed by atoms with Gasteiger partial charge < -0.3 is 19.8 Å². The zero-order valence-electron chi connectivity index (χ0n) is 18.8. The van der Waals surface area contributed by atoms with E-state index in [9.17, 15) is 19.8 Å². The highest BCUT2D eigenvalue weighted by atomic mass is 16.5. The number of aromatic hydroxyl groups is 1. The molecule has 0 aliphatic carbocycles. The second kappa shape index (κ2) is 10.2. The molecule has 174 valence electrons. The van der Waals surface area contributed by atoms with Gasteiger partial charge >= 0.3 is 0 Å². The molecule has 2 heterocycles. The van der Waals surface area contributed by atoms with Gasteiger partial charge in [0.15, 0.2) is 0 Å². The number of phenols is 1. The smallest absolute Gasteiger partial charge is 0.295 e. The SMILES string of the molecule is CCCCOc1cccc(C(O)=C2C(=O)C(=O)N(Cc3ccncc3)C2c2ccc(O)cc2)c1. The van der Waals surface area contributed by atoms with E-state index in [-0.39, 0.29) is 23.6 Å². The quantitative estimate of drug-likeness (QED) is 0.222. The molecule has 1 aliphatic rings. The number of rotatable bonds is 8. The van der Waals surface area contributed by atoms with E-state index in [1.54, 1.807) is 60.9 Å². The fourth-order valence-electron chi connectivity index (χ4n) is 3.95.